The highest BCUT2D eigenvalue weighted by Crippen LogP contribution is 2.60. The lowest BCUT2D eigenvalue weighted by Crippen LogP contribution is -2.60. The number of amides is 2. The van der Waals surface area contributed by atoms with Crippen LogP contribution in [0.5, 0.6) is 0 Å². The number of carbonyl (C=O) groups is 2. The van der Waals surface area contributed by atoms with Crippen LogP contribution in [-0.2, 0) is 9.59 Å². The highest BCUT2D eigenvalue weighted by molar-refractivity contribution is 5.90. The molecule has 1 aromatic rings. The molecule has 5 heteroatoms. The van der Waals surface area contributed by atoms with Gasteiger partial charge in [-0.1, -0.05) is 32.0 Å². The lowest BCUT2D eigenvalue weighted by atomic mass is 9.49. The molecule has 32 heavy (non-hydrogen) atoms. The van der Waals surface area contributed by atoms with E-state index < -0.39 is 6.04 Å². The second-order valence-electron chi connectivity index (χ2n) is 11.5. The van der Waals surface area contributed by atoms with E-state index in [-0.39, 0.29) is 23.1 Å². The number of rotatable bonds is 5. The van der Waals surface area contributed by atoms with E-state index in [1.165, 1.54) is 30.5 Å². The van der Waals surface area contributed by atoms with Gasteiger partial charge in [0.2, 0.25) is 11.8 Å². The Bertz CT molecular complexity index is 836. The fourth-order valence-corrected chi connectivity index (χ4v) is 7.48. The molecule has 0 unspecified atom stereocenters. The van der Waals surface area contributed by atoms with Crippen molar-refractivity contribution in [2.24, 2.45) is 29.1 Å². The van der Waals surface area contributed by atoms with E-state index in [0.717, 1.165) is 50.1 Å². The van der Waals surface area contributed by atoms with Crippen LogP contribution in [0.15, 0.2) is 24.3 Å². The van der Waals surface area contributed by atoms with Crippen LogP contribution in [0.25, 0.3) is 0 Å². The van der Waals surface area contributed by atoms with E-state index >= 15 is 0 Å². The molecular formula is C27H39N3O2. The Morgan fingerprint density at radius 2 is 1.50 bits per heavy atom. The minimum absolute atomic E-state index is 0.0924. The number of nitrogens with zero attached hydrogens (tertiary/aromatic N) is 2. The Morgan fingerprint density at radius 3 is 2.03 bits per heavy atom. The Hall–Kier alpha value is -2.04. The number of anilines is 1. The van der Waals surface area contributed by atoms with Crippen LogP contribution in [0.1, 0.15) is 57.9 Å². The summed E-state index contributed by atoms with van der Waals surface area (Å²) < 4.78 is 0. The number of nitrogens with one attached hydrogen (secondary N) is 1. The molecule has 0 radical (unpaired) electrons. The molecule has 5 fully saturated rings. The van der Waals surface area contributed by atoms with E-state index in [4.69, 9.17) is 0 Å². The van der Waals surface area contributed by atoms with Gasteiger partial charge in [0.05, 0.1) is 0 Å². The maximum absolute atomic E-state index is 13.6. The maximum Gasteiger partial charge on any atom is 0.245 e. The summed E-state index contributed by atoms with van der Waals surface area (Å²) in [7, 11) is 0. The summed E-state index contributed by atoms with van der Waals surface area (Å²) in [6.45, 7) is 9.36. The summed E-state index contributed by atoms with van der Waals surface area (Å²) in [6, 6.07) is 8.03. The number of aryl methyl sites for hydroxylation is 1. The van der Waals surface area contributed by atoms with E-state index in [1.807, 2.05) is 4.90 Å². The second-order valence-corrected chi connectivity index (χ2v) is 11.5. The van der Waals surface area contributed by atoms with E-state index in [2.05, 4.69) is 55.3 Å². The predicted molar refractivity (Wildman–Crippen MR) is 127 cm³/mol. The topological polar surface area (TPSA) is 52.6 Å². The average molecular weight is 438 g/mol. The molecule has 174 valence electrons. The number of benzene rings is 1. The van der Waals surface area contributed by atoms with Crippen molar-refractivity contribution in [3.63, 3.8) is 0 Å². The Kier molecular flexibility index (Phi) is 5.71. The lowest BCUT2D eigenvalue weighted by molar-refractivity contribution is -0.150. The van der Waals surface area contributed by atoms with Gasteiger partial charge in [0.15, 0.2) is 0 Å². The van der Waals surface area contributed by atoms with Crippen LogP contribution in [0.4, 0.5) is 5.69 Å². The number of hydrogen-bond acceptors (Lipinski definition) is 3. The van der Waals surface area contributed by atoms with Crippen molar-refractivity contribution in [1.29, 1.82) is 0 Å². The summed E-state index contributed by atoms with van der Waals surface area (Å²) in [4.78, 5) is 31.4. The van der Waals surface area contributed by atoms with Gasteiger partial charge >= 0.3 is 0 Å². The summed E-state index contributed by atoms with van der Waals surface area (Å²) in [5.74, 6) is 2.55. The van der Waals surface area contributed by atoms with Crippen LogP contribution in [0.3, 0.4) is 0 Å². The SMILES string of the molecule is Cc1ccccc1N1CCN(C(=O)[C@@H](NC(=O)C23CC4CC(CC(C4)C2)C3)C(C)C)CC1. The predicted octanol–water partition coefficient (Wildman–Crippen LogP) is 4.00. The summed E-state index contributed by atoms with van der Waals surface area (Å²) in [5, 5.41) is 3.28. The van der Waals surface area contributed by atoms with Gasteiger partial charge in [-0.25, -0.2) is 0 Å². The zero-order valence-corrected chi connectivity index (χ0v) is 20.0. The zero-order chi connectivity index (χ0) is 22.5. The van der Waals surface area contributed by atoms with Crippen LogP contribution in [0.2, 0.25) is 0 Å². The molecule has 6 rings (SSSR count). The van der Waals surface area contributed by atoms with Gasteiger partial charge in [-0.05, 0) is 80.8 Å². The van der Waals surface area contributed by atoms with Crippen molar-refractivity contribution < 1.29 is 9.59 Å². The molecule has 1 atom stereocenters. The number of carbonyl (C=O) groups excluding carboxylic acids is 2. The minimum atomic E-state index is -0.416. The third-order valence-corrected chi connectivity index (χ3v) is 8.79. The van der Waals surface area contributed by atoms with E-state index in [0.29, 0.717) is 13.1 Å². The molecule has 1 saturated heterocycles. The van der Waals surface area contributed by atoms with Crippen molar-refractivity contribution in [2.45, 2.75) is 65.3 Å². The standard InChI is InChI=1S/C27H39N3O2/c1-18(2)24(28-26(32)27-15-20-12-21(16-27)14-22(13-20)17-27)25(31)30-10-8-29(9-11-30)23-7-5-4-6-19(23)3/h4-7,18,20-22,24H,8-17H2,1-3H3,(H,28,32)/t20?,21?,22?,24-,27?/m0/s1. The van der Waals surface area contributed by atoms with Crippen LogP contribution in [-0.4, -0.2) is 48.9 Å². The van der Waals surface area contributed by atoms with Gasteiger partial charge in [-0.2, -0.15) is 0 Å². The molecule has 4 bridgehead atoms. The van der Waals surface area contributed by atoms with Crippen LogP contribution in [0, 0.1) is 36.0 Å². The zero-order valence-electron chi connectivity index (χ0n) is 20.0. The van der Waals surface area contributed by atoms with Gasteiger partial charge < -0.3 is 15.1 Å². The molecule has 4 aliphatic carbocycles. The third kappa shape index (κ3) is 3.92. The van der Waals surface area contributed by atoms with Crippen molar-refractivity contribution in [3.8, 4) is 0 Å². The molecular weight excluding hydrogens is 398 g/mol. The number of hydrogen-bond donors (Lipinski definition) is 1. The summed E-state index contributed by atoms with van der Waals surface area (Å²) in [5.41, 5.74) is 2.33. The van der Waals surface area contributed by atoms with Gasteiger partial charge in [0.25, 0.3) is 0 Å². The van der Waals surface area contributed by atoms with E-state index in [1.54, 1.807) is 0 Å². The van der Waals surface area contributed by atoms with E-state index in [9.17, 15) is 9.59 Å². The first-order valence-corrected chi connectivity index (χ1v) is 12.7. The smallest absolute Gasteiger partial charge is 0.245 e. The monoisotopic (exact) mass is 437 g/mol. The molecule has 1 aliphatic heterocycles. The van der Waals surface area contributed by atoms with Crippen molar-refractivity contribution in [1.82, 2.24) is 10.2 Å². The van der Waals surface area contributed by atoms with Crippen molar-refractivity contribution >= 4 is 17.5 Å². The molecule has 0 aromatic heterocycles. The Morgan fingerprint density at radius 1 is 0.938 bits per heavy atom. The first-order chi connectivity index (χ1) is 15.3. The molecule has 2 amide bonds. The summed E-state index contributed by atoms with van der Waals surface area (Å²) in [6.07, 6.45) is 7.09. The average Bonchev–Trinajstić information content (AvgIpc) is 2.76. The van der Waals surface area contributed by atoms with Gasteiger partial charge in [0, 0.05) is 37.3 Å². The molecule has 4 saturated carbocycles. The highest BCUT2D eigenvalue weighted by Gasteiger charge is 2.55. The summed E-state index contributed by atoms with van der Waals surface area (Å²) >= 11 is 0. The van der Waals surface area contributed by atoms with Crippen LogP contribution < -0.4 is 10.2 Å². The van der Waals surface area contributed by atoms with Gasteiger partial charge in [-0.3, -0.25) is 9.59 Å². The Balaban J connectivity index is 1.23. The molecule has 5 aliphatic rings. The fraction of sp³-hybridized carbons (Fsp3) is 0.704. The quantitative estimate of drug-likeness (QED) is 0.758. The number of para-hydroxylation sites is 1. The fourth-order valence-electron chi connectivity index (χ4n) is 7.48. The second kappa shape index (κ2) is 8.39. The van der Waals surface area contributed by atoms with Crippen LogP contribution >= 0.6 is 0 Å². The van der Waals surface area contributed by atoms with Gasteiger partial charge in [-0.15, -0.1) is 0 Å². The first kappa shape index (κ1) is 21.8. The first-order valence-electron chi connectivity index (χ1n) is 12.7. The normalized spacial score (nSPS) is 32.3. The Labute approximate surface area is 192 Å². The molecule has 0 spiro atoms. The third-order valence-electron chi connectivity index (χ3n) is 8.79. The van der Waals surface area contributed by atoms with Gasteiger partial charge in [0.1, 0.15) is 6.04 Å². The minimum Gasteiger partial charge on any atom is -0.368 e. The molecule has 1 aromatic carbocycles. The van der Waals surface area contributed by atoms with Crippen molar-refractivity contribution in [3.05, 3.63) is 29.8 Å². The largest absolute Gasteiger partial charge is 0.368 e. The highest BCUT2D eigenvalue weighted by atomic mass is 16.2. The van der Waals surface area contributed by atoms with Crippen molar-refractivity contribution in [2.75, 3.05) is 31.1 Å². The maximum atomic E-state index is 13.6. The molecule has 1 N–H and O–H groups in total. The number of piperazine rings is 1. The molecule has 5 nitrogen and oxygen atoms in total. The molecule has 1 heterocycles. The lowest BCUT2D eigenvalue weighted by Gasteiger charge is -2.56.